The highest BCUT2D eigenvalue weighted by molar-refractivity contribution is 5.96. The van der Waals surface area contributed by atoms with Crippen molar-refractivity contribution < 1.29 is 72.1 Å². The van der Waals surface area contributed by atoms with E-state index in [1.165, 1.54) is 19.1 Å². The zero-order chi connectivity index (χ0) is 47.8. The van der Waals surface area contributed by atoms with Gasteiger partial charge in [0.1, 0.15) is 30.7 Å². The van der Waals surface area contributed by atoms with Crippen LogP contribution in [-0.2, 0) is 52.3 Å². The Labute approximate surface area is 382 Å². The number of benzene rings is 3. The number of esters is 4. The summed E-state index contributed by atoms with van der Waals surface area (Å²) >= 11 is 0. The summed E-state index contributed by atoms with van der Waals surface area (Å²) in [5.41, 5.74) is -6.70. The molecule has 3 aromatic carbocycles. The van der Waals surface area contributed by atoms with Crippen molar-refractivity contribution in [1.82, 2.24) is 5.32 Å². The number of fused-ring (bicyclic) bond motifs is 5. The smallest absolute Gasteiger partial charge is 0.338 e. The minimum Gasteiger partial charge on any atom is -0.456 e. The average Bonchev–Trinajstić information content (AvgIpc) is 3.28. The lowest BCUT2D eigenvalue weighted by molar-refractivity contribution is -0.351. The first-order chi connectivity index (χ1) is 31.3. The molecule has 3 aliphatic carbocycles. The van der Waals surface area contributed by atoms with E-state index in [1.807, 2.05) is 0 Å². The van der Waals surface area contributed by atoms with Gasteiger partial charge in [-0.15, -0.1) is 0 Å². The van der Waals surface area contributed by atoms with Crippen molar-refractivity contribution in [2.75, 3.05) is 20.0 Å². The van der Waals surface area contributed by atoms with Gasteiger partial charge in [0.15, 0.2) is 23.6 Å². The molecular formula is C50H57NO15. The maximum atomic E-state index is 16.0. The van der Waals surface area contributed by atoms with Crippen LogP contribution < -0.4 is 5.32 Å². The van der Waals surface area contributed by atoms with Gasteiger partial charge in [-0.05, 0) is 61.7 Å². The van der Waals surface area contributed by atoms with Gasteiger partial charge >= 0.3 is 23.9 Å². The van der Waals surface area contributed by atoms with E-state index in [1.54, 1.807) is 113 Å². The molecule has 16 nitrogen and oxygen atoms in total. The molecule has 4 aliphatic rings. The van der Waals surface area contributed by atoms with Gasteiger partial charge in [-0.3, -0.25) is 19.2 Å². The van der Waals surface area contributed by atoms with Crippen LogP contribution in [0.4, 0.5) is 0 Å². The van der Waals surface area contributed by atoms with Crippen LogP contribution in [0.5, 0.6) is 0 Å². The van der Waals surface area contributed by atoms with Gasteiger partial charge in [0, 0.05) is 44.3 Å². The van der Waals surface area contributed by atoms with Crippen molar-refractivity contribution in [2.45, 2.75) is 115 Å². The van der Waals surface area contributed by atoms with E-state index >= 15 is 4.79 Å². The molecule has 11 atom stereocenters. The number of amides is 1. The summed E-state index contributed by atoms with van der Waals surface area (Å²) in [6.45, 7) is 10.0. The highest BCUT2D eigenvalue weighted by atomic mass is 16.7. The van der Waals surface area contributed by atoms with Crippen LogP contribution >= 0.6 is 0 Å². The molecular weight excluding hydrogens is 855 g/mol. The molecule has 1 heterocycles. The molecule has 0 spiro atoms. The van der Waals surface area contributed by atoms with E-state index < -0.39 is 113 Å². The first kappa shape index (κ1) is 48.2. The minimum absolute atomic E-state index is 0.0212. The van der Waals surface area contributed by atoms with Crippen LogP contribution in [0.15, 0.2) is 102 Å². The molecule has 352 valence electrons. The van der Waals surface area contributed by atoms with Crippen LogP contribution in [0.2, 0.25) is 0 Å². The molecule has 1 saturated heterocycles. The SMILES string of the molecule is CCOCO[C@H]1C[C@H]2OC[C@@]2(OC(C)=O)C2C(OC(=O)c3ccccc3)[C@]3(O)C[C@H](OC(=O)[C@H](O)[C@@H](NC(=O)c4ccccc4)c4ccccc4)C(C)=C([C@@H](OC(C)=O)C(=O)[C@@]21C)C3(C)C. The highest BCUT2D eigenvalue weighted by Gasteiger charge is 2.78. The molecule has 3 N–H and O–H groups in total. The first-order valence-electron chi connectivity index (χ1n) is 22.0. The fourth-order valence-electron chi connectivity index (χ4n) is 10.6. The Morgan fingerprint density at radius 3 is 2.02 bits per heavy atom. The maximum absolute atomic E-state index is 16.0. The van der Waals surface area contributed by atoms with E-state index in [0.717, 1.165) is 6.92 Å². The third kappa shape index (κ3) is 8.45. The zero-order valence-corrected chi connectivity index (χ0v) is 38.0. The summed E-state index contributed by atoms with van der Waals surface area (Å²) in [4.78, 5) is 84.8. The van der Waals surface area contributed by atoms with Crippen molar-refractivity contribution in [1.29, 1.82) is 0 Å². The Bertz CT molecular complexity index is 2350. The molecule has 16 heteroatoms. The molecule has 7 rings (SSSR count). The standard InChI is InChI=1S/C50H57NO15/c1-8-60-27-62-35-24-36-49(26-61-36,66-30(4)53)41-43(65-45(57)33-22-16-11-17-23-33)50(59)25-34(28(2)37(47(50,5)6)40(63-29(3)52)42(55)48(35,41)7)64-46(58)39(54)38(31-18-12-9-13-19-31)51-44(56)32-20-14-10-15-21-32/h9-23,34-36,38-41,43,54,59H,8,24-27H2,1-7H3,(H,51,56)/t34-,35-,36+,38-,39+,40+,41?,43?,48+,49-,50+/m0/s1. The molecule has 3 fully saturated rings. The lowest BCUT2D eigenvalue weighted by Crippen LogP contribution is -2.82. The molecule has 3 aromatic rings. The third-order valence-electron chi connectivity index (χ3n) is 14.0. The van der Waals surface area contributed by atoms with E-state index in [0.29, 0.717) is 5.56 Å². The Morgan fingerprint density at radius 2 is 1.45 bits per heavy atom. The van der Waals surface area contributed by atoms with Gasteiger partial charge in [0.2, 0.25) is 0 Å². The summed E-state index contributed by atoms with van der Waals surface area (Å²) < 4.78 is 42.9. The minimum atomic E-state index is -2.37. The Morgan fingerprint density at radius 1 is 0.848 bits per heavy atom. The van der Waals surface area contributed by atoms with E-state index in [2.05, 4.69) is 5.32 Å². The number of nitrogens with one attached hydrogen (secondary N) is 1. The Hall–Kier alpha value is -5.78. The number of aliphatic hydroxyl groups is 2. The lowest BCUT2D eigenvalue weighted by atomic mass is 9.44. The van der Waals surface area contributed by atoms with Gasteiger partial charge in [-0.25, -0.2) is 9.59 Å². The highest BCUT2D eigenvalue weighted by Crippen LogP contribution is 2.65. The number of hydrogen-bond donors (Lipinski definition) is 3. The van der Waals surface area contributed by atoms with E-state index in [9.17, 15) is 34.2 Å². The zero-order valence-electron chi connectivity index (χ0n) is 38.0. The number of ether oxygens (including phenoxy) is 7. The van der Waals surface area contributed by atoms with Crippen LogP contribution in [0.3, 0.4) is 0 Å². The van der Waals surface area contributed by atoms with Crippen LogP contribution in [0.1, 0.15) is 93.6 Å². The maximum Gasteiger partial charge on any atom is 0.338 e. The predicted octanol–water partition coefficient (Wildman–Crippen LogP) is 4.75. The number of ketones is 1. The second-order valence-corrected chi connectivity index (χ2v) is 18.1. The molecule has 1 amide bonds. The van der Waals surface area contributed by atoms with Gasteiger partial charge in [-0.2, -0.15) is 0 Å². The van der Waals surface area contributed by atoms with E-state index in [-0.39, 0.29) is 48.7 Å². The van der Waals surface area contributed by atoms with Crippen molar-refractivity contribution in [3.05, 3.63) is 119 Å². The third-order valence-corrected chi connectivity index (χ3v) is 14.0. The van der Waals surface area contributed by atoms with Crippen molar-refractivity contribution in [3.63, 3.8) is 0 Å². The van der Waals surface area contributed by atoms with Gasteiger partial charge < -0.3 is 48.7 Å². The van der Waals surface area contributed by atoms with Crippen molar-refractivity contribution >= 4 is 35.6 Å². The molecule has 1 aliphatic heterocycles. The molecule has 2 saturated carbocycles. The Balaban J connectivity index is 1.41. The van der Waals surface area contributed by atoms with Gasteiger partial charge in [-0.1, -0.05) is 80.6 Å². The number of carbonyl (C=O) groups is 6. The van der Waals surface area contributed by atoms with Gasteiger partial charge in [0.05, 0.1) is 35.6 Å². The second-order valence-electron chi connectivity index (χ2n) is 18.1. The fraction of sp³-hybridized carbons (Fsp3) is 0.480. The molecule has 66 heavy (non-hydrogen) atoms. The van der Waals surface area contributed by atoms with Crippen LogP contribution in [0.25, 0.3) is 0 Å². The predicted molar refractivity (Wildman–Crippen MR) is 233 cm³/mol. The molecule has 2 bridgehead atoms. The first-order valence-corrected chi connectivity index (χ1v) is 22.0. The number of rotatable bonds is 14. The summed E-state index contributed by atoms with van der Waals surface area (Å²) in [5, 5.41) is 28.5. The second kappa shape index (κ2) is 18.8. The van der Waals surface area contributed by atoms with Crippen molar-refractivity contribution in [2.24, 2.45) is 16.7 Å². The quantitative estimate of drug-likeness (QED) is 0.0653. The number of aliphatic hydroxyl groups excluding tert-OH is 1. The fourth-order valence-corrected chi connectivity index (χ4v) is 10.6. The number of hydrogen-bond acceptors (Lipinski definition) is 15. The Kier molecular flexibility index (Phi) is 13.7. The van der Waals surface area contributed by atoms with E-state index in [4.69, 9.17) is 33.2 Å². The largest absolute Gasteiger partial charge is 0.456 e. The molecule has 0 aromatic heterocycles. The van der Waals surface area contributed by atoms with Crippen LogP contribution in [0, 0.1) is 16.7 Å². The summed E-state index contributed by atoms with van der Waals surface area (Å²) in [6.07, 6.45) is -9.69. The summed E-state index contributed by atoms with van der Waals surface area (Å²) in [6, 6.07) is 23.1. The van der Waals surface area contributed by atoms with Crippen molar-refractivity contribution in [3.8, 4) is 0 Å². The summed E-state index contributed by atoms with van der Waals surface area (Å²) in [7, 11) is 0. The molecule has 0 radical (unpaired) electrons. The number of Topliss-reactive ketones (excluding diaryl/α,β-unsaturated/α-hetero) is 1. The monoisotopic (exact) mass is 911 g/mol. The topological polar surface area (TPSA) is 220 Å². The normalized spacial score (nSPS) is 30.7. The average molecular weight is 912 g/mol. The lowest BCUT2D eigenvalue weighted by Gasteiger charge is -2.67. The number of carbonyl (C=O) groups excluding carboxylic acids is 6. The van der Waals surface area contributed by atoms with Crippen LogP contribution in [-0.4, -0.2) is 114 Å². The summed E-state index contributed by atoms with van der Waals surface area (Å²) in [5.74, 6) is -6.55. The van der Waals surface area contributed by atoms with Gasteiger partial charge in [0.25, 0.3) is 5.91 Å². The molecule has 2 unspecified atom stereocenters.